The van der Waals surface area contributed by atoms with Crippen LogP contribution in [0, 0.1) is 20.8 Å². The minimum absolute atomic E-state index is 0.0327. The third-order valence-corrected chi connectivity index (χ3v) is 11.2. The lowest BCUT2D eigenvalue weighted by atomic mass is 9.94. The molecule has 2 amide bonds. The topological polar surface area (TPSA) is 86.8 Å². The summed E-state index contributed by atoms with van der Waals surface area (Å²) in [5, 5.41) is 3.80. The number of amides is 2. The van der Waals surface area contributed by atoms with Crippen LogP contribution in [0.25, 0.3) is 0 Å². The molecule has 0 aliphatic heterocycles. The van der Waals surface area contributed by atoms with Crippen molar-refractivity contribution in [3.8, 4) is 0 Å². The minimum Gasteiger partial charge on any atom is -0.352 e. The normalized spacial score (nSPS) is 14.2. The van der Waals surface area contributed by atoms with Crippen molar-refractivity contribution in [3.63, 3.8) is 0 Å². The number of nitrogens with one attached hydrogen (secondary N) is 1. The van der Waals surface area contributed by atoms with E-state index < -0.39 is 28.5 Å². The van der Waals surface area contributed by atoms with E-state index in [0.717, 1.165) is 59.9 Å². The number of aryl methyl sites for hydroxylation is 2. The molecule has 1 aliphatic carbocycles. The zero-order valence-corrected chi connectivity index (χ0v) is 29.4. The molecule has 1 atom stereocenters. The fraction of sp³-hybridized carbons (Fsp3) is 0.333. The van der Waals surface area contributed by atoms with Gasteiger partial charge in [-0.05, 0) is 86.2 Å². The van der Waals surface area contributed by atoms with Crippen LogP contribution in [0.5, 0.6) is 0 Å². The lowest BCUT2D eigenvalue weighted by Gasteiger charge is -2.35. The SMILES string of the molecule is Cc1ccc(S(=O)(=O)N(CC(=O)N(Cc2ccc(Cl)cc2)[C@H](Cc2ccccc2)C(=O)NC2CCCCC2)c2cccc(C)c2C)cc1. The van der Waals surface area contributed by atoms with Crippen LogP contribution in [0.1, 0.15) is 59.9 Å². The highest BCUT2D eigenvalue weighted by molar-refractivity contribution is 7.92. The third kappa shape index (κ3) is 8.65. The van der Waals surface area contributed by atoms with Crippen LogP contribution in [0.2, 0.25) is 5.02 Å². The Labute approximate surface area is 290 Å². The van der Waals surface area contributed by atoms with Gasteiger partial charge in [0, 0.05) is 24.0 Å². The highest BCUT2D eigenvalue weighted by Crippen LogP contribution is 2.30. The van der Waals surface area contributed by atoms with Gasteiger partial charge in [-0.25, -0.2) is 8.42 Å². The first-order valence-electron chi connectivity index (χ1n) is 16.6. The van der Waals surface area contributed by atoms with Gasteiger partial charge in [0.2, 0.25) is 11.8 Å². The van der Waals surface area contributed by atoms with Crippen LogP contribution < -0.4 is 9.62 Å². The van der Waals surface area contributed by atoms with Crippen molar-refractivity contribution in [3.05, 3.63) is 130 Å². The van der Waals surface area contributed by atoms with Gasteiger partial charge in [0.15, 0.2) is 0 Å². The molecule has 0 heterocycles. The van der Waals surface area contributed by atoms with Gasteiger partial charge in [-0.3, -0.25) is 13.9 Å². The summed E-state index contributed by atoms with van der Waals surface area (Å²) in [6, 6.07) is 28.0. The second kappa shape index (κ2) is 15.8. The van der Waals surface area contributed by atoms with Gasteiger partial charge in [0.05, 0.1) is 10.6 Å². The number of sulfonamides is 1. The molecule has 1 aliphatic rings. The van der Waals surface area contributed by atoms with Gasteiger partial charge >= 0.3 is 0 Å². The summed E-state index contributed by atoms with van der Waals surface area (Å²) in [7, 11) is -4.18. The van der Waals surface area contributed by atoms with Crippen LogP contribution in [0.4, 0.5) is 5.69 Å². The second-order valence-electron chi connectivity index (χ2n) is 12.7. The van der Waals surface area contributed by atoms with Crippen LogP contribution in [0.15, 0.2) is 102 Å². The molecular weight excluding hydrogens is 642 g/mol. The fourth-order valence-electron chi connectivity index (χ4n) is 6.24. The number of nitrogens with zero attached hydrogens (tertiary/aromatic N) is 2. The highest BCUT2D eigenvalue weighted by Gasteiger charge is 2.36. The highest BCUT2D eigenvalue weighted by atomic mass is 35.5. The number of hydrogen-bond acceptors (Lipinski definition) is 4. The number of rotatable bonds is 12. The zero-order chi connectivity index (χ0) is 34.3. The quantitative estimate of drug-likeness (QED) is 0.167. The van der Waals surface area contributed by atoms with E-state index in [9.17, 15) is 18.0 Å². The van der Waals surface area contributed by atoms with Crippen LogP contribution in [-0.2, 0) is 32.6 Å². The number of halogens is 1. The molecule has 0 aromatic heterocycles. The average Bonchev–Trinajstić information content (AvgIpc) is 3.08. The number of carbonyl (C=O) groups is 2. The van der Waals surface area contributed by atoms with Crippen LogP contribution in [0.3, 0.4) is 0 Å². The first-order valence-corrected chi connectivity index (χ1v) is 18.4. The summed E-state index contributed by atoms with van der Waals surface area (Å²) in [4.78, 5) is 30.6. The molecule has 0 spiro atoms. The Balaban J connectivity index is 1.58. The average molecular weight is 686 g/mol. The molecule has 252 valence electrons. The van der Waals surface area contributed by atoms with Gasteiger partial charge in [-0.2, -0.15) is 0 Å². The number of anilines is 1. The Morgan fingerprint density at radius 3 is 2.15 bits per heavy atom. The molecule has 0 unspecified atom stereocenters. The van der Waals surface area contributed by atoms with Gasteiger partial charge in [-0.15, -0.1) is 0 Å². The predicted octanol–water partition coefficient (Wildman–Crippen LogP) is 7.55. The maximum absolute atomic E-state index is 14.8. The van der Waals surface area contributed by atoms with Crippen molar-refractivity contribution in [2.75, 3.05) is 10.8 Å². The first-order chi connectivity index (χ1) is 23.0. The van der Waals surface area contributed by atoms with E-state index in [1.165, 1.54) is 9.21 Å². The van der Waals surface area contributed by atoms with Gasteiger partial charge in [0.25, 0.3) is 10.0 Å². The first kappa shape index (κ1) is 35.2. The molecule has 4 aromatic carbocycles. The smallest absolute Gasteiger partial charge is 0.264 e. The van der Waals surface area contributed by atoms with Crippen molar-refractivity contribution >= 4 is 39.1 Å². The number of hydrogen-bond donors (Lipinski definition) is 1. The van der Waals surface area contributed by atoms with E-state index in [2.05, 4.69) is 5.32 Å². The Morgan fingerprint density at radius 1 is 0.812 bits per heavy atom. The molecule has 7 nitrogen and oxygen atoms in total. The summed E-state index contributed by atoms with van der Waals surface area (Å²) in [5.41, 5.74) is 4.66. The van der Waals surface area contributed by atoms with E-state index in [1.807, 2.05) is 69.3 Å². The van der Waals surface area contributed by atoms with Crippen LogP contribution in [-0.4, -0.2) is 43.8 Å². The van der Waals surface area contributed by atoms with E-state index >= 15 is 0 Å². The molecule has 9 heteroatoms. The van der Waals surface area contributed by atoms with E-state index in [1.54, 1.807) is 48.5 Å². The molecule has 0 saturated heterocycles. The maximum Gasteiger partial charge on any atom is 0.264 e. The zero-order valence-electron chi connectivity index (χ0n) is 27.9. The monoisotopic (exact) mass is 685 g/mol. The van der Waals surface area contributed by atoms with E-state index in [0.29, 0.717) is 10.7 Å². The van der Waals surface area contributed by atoms with Crippen molar-refractivity contribution < 1.29 is 18.0 Å². The summed E-state index contributed by atoms with van der Waals surface area (Å²) < 4.78 is 30.0. The standard InChI is InChI=1S/C39H44ClN3O4S/c1-28-17-23-35(24-18-28)48(46,47)43(36-16-10-11-29(2)30(36)3)27-38(44)42(26-32-19-21-33(40)22-20-32)37(25-31-12-6-4-7-13-31)39(45)41-34-14-8-5-9-15-34/h4,6-7,10-13,16-24,34,37H,5,8-9,14-15,25-27H2,1-3H3,(H,41,45)/t37-/m1/s1. The predicted molar refractivity (Wildman–Crippen MR) is 193 cm³/mol. The molecular formula is C39H44ClN3O4S. The Morgan fingerprint density at radius 2 is 1.48 bits per heavy atom. The summed E-state index contributed by atoms with van der Waals surface area (Å²) >= 11 is 6.20. The molecule has 1 fully saturated rings. The molecule has 1 saturated carbocycles. The molecule has 48 heavy (non-hydrogen) atoms. The fourth-order valence-corrected chi connectivity index (χ4v) is 7.84. The largest absolute Gasteiger partial charge is 0.352 e. The van der Waals surface area contributed by atoms with E-state index in [-0.39, 0.29) is 29.8 Å². The van der Waals surface area contributed by atoms with Crippen LogP contribution >= 0.6 is 11.6 Å². The molecule has 5 rings (SSSR count). The number of carbonyl (C=O) groups excluding carboxylic acids is 2. The minimum atomic E-state index is -4.18. The molecule has 0 radical (unpaired) electrons. The van der Waals surface area contributed by atoms with Gasteiger partial charge in [-0.1, -0.05) is 103 Å². The second-order valence-corrected chi connectivity index (χ2v) is 15.0. The van der Waals surface area contributed by atoms with Gasteiger partial charge < -0.3 is 10.2 Å². The molecule has 0 bridgehead atoms. The van der Waals surface area contributed by atoms with Crippen molar-refractivity contribution in [2.45, 2.75) is 82.8 Å². The van der Waals surface area contributed by atoms with Gasteiger partial charge in [0.1, 0.15) is 12.6 Å². The molecule has 1 N–H and O–H groups in total. The molecule has 4 aromatic rings. The summed E-state index contributed by atoms with van der Waals surface area (Å²) in [5.74, 6) is -0.728. The summed E-state index contributed by atoms with van der Waals surface area (Å²) in [6.45, 7) is 5.26. The Bertz CT molecular complexity index is 1810. The maximum atomic E-state index is 14.8. The number of benzene rings is 4. The summed E-state index contributed by atoms with van der Waals surface area (Å²) in [6.07, 6.45) is 5.29. The van der Waals surface area contributed by atoms with E-state index in [4.69, 9.17) is 11.6 Å². The van der Waals surface area contributed by atoms with Crippen molar-refractivity contribution in [1.82, 2.24) is 10.2 Å². The Kier molecular flexibility index (Phi) is 11.6. The lowest BCUT2D eigenvalue weighted by Crippen LogP contribution is -2.55. The Hall–Kier alpha value is -4.14. The van der Waals surface area contributed by atoms with Crippen molar-refractivity contribution in [2.24, 2.45) is 0 Å². The van der Waals surface area contributed by atoms with Crippen molar-refractivity contribution in [1.29, 1.82) is 0 Å². The lowest BCUT2D eigenvalue weighted by molar-refractivity contribution is -0.140. The third-order valence-electron chi connectivity index (χ3n) is 9.22.